The first kappa shape index (κ1) is 18.0. The van der Waals surface area contributed by atoms with Gasteiger partial charge in [-0.05, 0) is 43.0 Å². The van der Waals surface area contributed by atoms with E-state index in [4.69, 9.17) is 27.9 Å². The Morgan fingerprint density at radius 1 is 1.26 bits per heavy atom. The molecule has 2 N–H and O–H groups in total. The lowest BCUT2D eigenvalue weighted by Crippen LogP contribution is -2.43. The largest absolute Gasteiger partial charge is 0.480 e. The predicted octanol–water partition coefficient (Wildman–Crippen LogP) is 3.06. The fourth-order valence-corrected chi connectivity index (χ4v) is 3.16. The van der Waals surface area contributed by atoms with Crippen molar-refractivity contribution < 1.29 is 19.4 Å². The SMILES string of the molecule is O=C(CC1CCCCO1)NC(Cc1cc(Cl)cc(Cl)c1)C(=O)O. The standard InChI is InChI=1S/C16H19Cl2NO4/c17-11-5-10(6-12(18)8-11)7-14(16(21)22)19-15(20)9-13-3-1-2-4-23-13/h5-6,8,13-14H,1-4,7,9H2,(H,19,20)(H,21,22). The van der Waals surface area contributed by atoms with Crippen LogP contribution >= 0.6 is 23.2 Å². The molecule has 23 heavy (non-hydrogen) atoms. The van der Waals surface area contributed by atoms with Gasteiger partial charge in [0.2, 0.25) is 5.91 Å². The van der Waals surface area contributed by atoms with Crippen molar-refractivity contribution in [1.29, 1.82) is 0 Å². The number of rotatable bonds is 6. The third-order valence-corrected chi connectivity index (χ3v) is 4.12. The molecule has 0 aliphatic carbocycles. The molecule has 0 saturated carbocycles. The van der Waals surface area contributed by atoms with Crippen LogP contribution in [0.15, 0.2) is 18.2 Å². The number of aliphatic carboxylic acids is 1. The van der Waals surface area contributed by atoms with Crippen LogP contribution in [-0.2, 0) is 20.7 Å². The minimum Gasteiger partial charge on any atom is -0.480 e. The molecule has 0 aromatic heterocycles. The number of amides is 1. The van der Waals surface area contributed by atoms with Gasteiger partial charge < -0.3 is 15.2 Å². The average molecular weight is 360 g/mol. The number of ether oxygens (including phenoxy) is 1. The van der Waals surface area contributed by atoms with Crippen LogP contribution in [0.1, 0.15) is 31.2 Å². The monoisotopic (exact) mass is 359 g/mol. The zero-order valence-electron chi connectivity index (χ0n) is 12.6. The first-order valence-corrected chi connectivity index (χ1v) is 8.28. The number of carboxylic acids is 1. The summed E-state index contributed by atoms with van der Waals surface area (Å²) in [5, 5.41) is 12.7. The maximum Gasteiger partial charge on any atom is 0.326 e. The molecular formula is C16H19Cl2NO4. The second-order valence-electron chi connectivity index (χ2n) is 5.63. The van der Waals surface area contributed by atoms with E-state index in [-0.39, 0.29) is 24.9 Å². The fraction of sp³-hybridized carbons (Fsp3) is 0.500. The molecule has 2 rings (SSSR count). The minimum absolute atomic E-state index is 0.118. The quantitative estimate of drug-likeness (QED) is 0.818. The van der Waals surface area contributed by atoms with Gasteiger partial charge in [-0.3, -0.25) is 4.79 Å². The van der Waals surface area contributed by atoms with Gasteiger partial charge in [0.15, 0.2) is 0 Å². The Kier molecular flexibility index (Phi) is 6.69. The van der Waals surface area contributed by atoms with Crippen molar-refractivity contribution in [1.82, 2.24) is 5.32 Å². The number of benzene rings is 1. The van der Waals surface area contributed by atoms with Crippen molar-refractivity contribution in [3.63, 3.8) is 0 Å². The lowest BCUT2D eigenvalue weighted by Gasteiger charge is -2.23. The Morgan fingerprint density at radius 3 is 2.52 bits per heavy atom. The maximum absolute atomic E-state index is 12.0. The van der Waals surface area contributed by atoms with Gasteiger partial charge in [-0.1, -0.05) is 23.2 Å². The summed E-state index contributed by atoms with van der Waals surface area (Å²) in [6, 6.07) is 3.82. The van der Waals surface area contributed by atoms with Crippen molar-refractivity contribution in [3.05, 3.63) is 33.8 Å². The lowest BCUT2D eigenvalue weighted by atomic mass is 10.0. The Morgan fingerprint density at radius 2 is 1.96 bits per heavy atom. The van der Waals surface area contributed by atoms with Crippen LogP contribution in [0.3, 0.4) is 0 Å². The predicted molar refractivity (Wildman–Crippen MR) is 87.9 cm³/mol. The smallest absolute Gasteiger partial charge is 0.326 e. The van der Waals surface area contributed by atoms with Gasteiger partial charge in [0.1, 0.15) is 6.04 Å². The summed E-state index contributed by atoms with van der Waals surface area (Å²) < 4.78 is 5.50. The molecule has 1 saturated heterocycles. The van der Waals surface area contributed by atoms with Crippen molar-refractivity contribution in [3.8, 4) is 0 Å². The highest BCUT2D eigenvalue weighted by atomic mass is 35.5. The topological polar surface area (TPSA) is 75.6 Å². The number of nitrogens with one attached hydrogen (secondary N) is 1. The third kappa shape index (κ3) is 6.01. The van der Waals surface area contributed by atoms with Crippen LogP contribution < -0.4 is 5.32 Å². The van der Waals surface area contributed by atoms with E-state index in [0.717, 1.165) is 19.3 Å². The number of hydrogen-bond donors (Lipinski definition) is 2. The fourth-order valence-electron chi connectivity index (χ4n) is 2.59. The van der Waals surface area contributed by atoms with Gasteiger partial charge in [0.05, 0.1) is 12.5 Å². The number of halogens is 2. The van der Waals surface area contributed by atoms with Gasteiger partial charge in [0.25, 0.3) is 0 Å². The Hall–Kier alpha value is -1.30. The molecule has 0 spiro atoms. The van der Waals surface area contributed by atoms with Crippen molar-refractivity contribution in [2.75, 3.05) is 6.61 Å². The number of carbonyl (C=O) groups is 2. The summed E-state index contributed by atoms with van der Waals surface area (Å²) in [5.74, 6) is -1.42. The highest BCUT2D eigenvalue weighted by Crippen LogP contribution is 2.20. The van der Waals surface area contributed by atoms with Gasteiger partial charge in [-0.15, -0.1) is 0 Å². The number of carboxylic acid groups (broad SMARTS) is 1. The lowest BCUT2D eigenvalue weighted by molar-refractivity contribution is -0.142. The van der Waals surface area contributed by atoms with Crippen LogP contribution in [-0.4, -0.2) is 35.7 Å². The molecule has 7 heteroatoms. The molecule has 5 nitrogen and oxygen atoms in total. The number of carbonyl (C=O) groups excluding carboxylic acids is 1. The number of hydrogen-bond acceptors (Lipinski definition) is 3. The van der Waals surface area contributed by atoms with Crippen LogP contribution in [0, 0.1) is 0 Å². The molecule has 0 radical (unpaired) electrons. The molecule has 2 unspecified atom stereocenters. The highest BCUT2D eigenvalue weighted by molar-refractivity contribution is 6.34. The molecular weight excluding hydrogens is 341 g/mol. The summed E-state index contributed by atoms with van der Waals surface area (Å²) in [6.07, 6.45) is 3.04. The summed E-state index contributed by atoms with van der Waals surface area (Å²) in [5.41, 5.74) is 0.657. The molecule has 1 heterocycles. The Bertz CT molecular complexity index is 553. The van der Waals surface area contributed by atoms with Crippen molar-refractivity contribution in [2.45, 2.75) is 44.2 Å². The van der Waals surface area contributed by atoms with Crippen LogP contribution in [0.25, 0.3) is 0 Å². The maximum atomic E-state index is 12.0. The van der Waals surface area contributed by atoms with E-state index in [1.807, 2.05) is 0 Å². The zero-order chi connectivity index (χ0) is 16.8. The Balaban J connectivity index is 1.95. The summed E-state index contributed by atoms with van der Waals surface area (Å²) in [6.45, 7) is 0.654. The van der Waals surface area contributed by atoms with E-state index in [0.29, 0.717) is 22.2 Å². The summed E-state index contributed by atoms with van der Waals surface area (Å²) >= 11 is 11.8. The Labute approximate surface area is 144 Å². The first-order chi connectivity index (χ1) is 10.9. The summed E-state index contributed by atoms with van der Waals surface area (Å²) in [4.78, 5) is 23.4. The second kappa shape index (κ2) is 8.52. The van der Waals surface area contributed by atoms with Crippen molar-refractivity contribution in [2.24, 2.45) is 0 Å². The molecule has 2 atom stereocenters. The molecule has 1 fully saturated rings. The van der Waals surface area contributed by atoms with E-state index in [1.54, 1.807) is 18.2 Å². The average Bonchev–Trinajstić information content (AvgIpc) is 2.46. The van der Waals surface area contributed by atoms with E-state index in [2.05, 4.69) is 5.32 Å². The molecule has 126 valence electrons. The van der Waals surface area contributed by atoms with Crippen molar-refractivity contribution >= 4 is 35.1 Å². The second-order valence-corrected chi connectivity index (χ2v) is 6.51. The zero-order valence-corrected chi connectivity index (χ0v) is 14.1. The third-order valence-electron chi connectivity index (χ3n) is 3.68. The first-order valence-electron chi connectivity index (χ1n) is 7.53. The van der Waals surface area contributed by atoms with Gasteiger partial charge >= 0.3 is 5.97 Å². The minimum atomic E-state index is -1.10. The van der Waals surface area contributed by atoms with Gasteiger partial charge in [-0.25, -0.2) is 4.79 Å². The van der Waals surface area contributed by atoms with Gasteiger partial charge in [0, 0.05) is 23.1 Å². The molecule has 1 aromatic carbocycles. The molecule has 1 amide bonds. The normalized spacial score (nSPS) is 19.1. The molecule has 0 bridgehead atoms. The van der Waals surface area contributed by atoms with E-state index < -0.39 is 12.0 Å². The van der Waals surface area contributed by atoms with Crippen LogP contribution in [0.5, 0.6) is 0 Å². The molecule has 1 aliphatic rings. The highest BCUT2D eigenvalue weighted by Gasteiger charge is 2.23. The molecule has 1 aromatic rings. The summed E-state index contributed by atoms with van der Waals surface area (Å²) in [7, 11) is 0. The van der Waals surface area contributed by atoms with E-state index in [1.165, 1.54) is 0 Å². The van der Waals surface area contributed by atoms with Crippen LogP contribution in [0.2, 0.25) is 10.0 Å². The van der Waals surface area contributed by atoms with Gasteiger partial charge in [-0.2, -0.15) is 0 Å². The van der Waals surface area contributed by atoms with Crippen LogP contribution in [0.4, 0.5) is 0 Å². The van der Waals surface area contributed by atoms with E-state index in [9.17, 15) is 14.7 Å². The van der Waals surface area contributed by atoms with E-state index >= 15 is 0 Å². The molecule has 1 aliphatic heterocycles.